The summed E-state index contributed by atoms with van der Waals surface area (Å²) in [7, 11) is 3.20. The Bertz CT molecular complexity index is 642. The molecule has 2 amide bonds. The van der Waals surface area contributed by atoms with Gasteiger partial charge in [0.15, 0.2) is 0 Å². The van der Waals surface area contributed by atoms with Gasteiger partial charge in [-0.3, -0.25) is 0 Å². The Morgan fingerprint density at radius 3 is 2.40 bits per heavy atom. The number of benzene rings is 2. The van der Waals surface area contributed by atoms with Crippen molar-refractivity contribution in [1.29, 1.82) is 0 Å². The molecular formula is C15H14F2N2O. The van der Waals surface area contributed by atoms with Gasteiger partial charge in [-0.25, -0.2) is 13.6 Å². The molecule has 0 saturated heterocycles. The molecule has 0 aliphatic carbocycles. The normalized spacial score (nSPS) is 10.2. The summed E-state index contributed by atoms with van der Waals surface area (Å²) in [5, 5.41) is 2.65. The van der Waals surface area contributed by atoms with Crippen LogP contribution < -0.4 is 5.32 Å². The first-order chi connectivity index (χ1) is 9.47. The standard InChI is InChI=1S/C15H14F2N2O/c1-19(2)15(20)18-14-7-6-12(17)9-13(14)10-4-3-5-11(16)8-10/h3-9H,1-2H3,(H,18,20). The van der Waals surface area contributed by atoms with E-state index in [2.05, 4.69) is 5.32 Å². The Morgan fingerprint density at radius 1 is 1.05 bits per heavy atom. The van der Waals surface area contributed by atoms with Crippen LogP contribution in [0.25, 0.3) is 11.1 Å². The molecule has 0 spiro atoms. The highest BCUT2D eigenvalue weighted by molar-refractivity contribution is 5.94. The number of halogens is 2. The Balaban J connectivity index is 2.46. The fourth-order valence-electron chi connectivity index (χ4n) is 1.75. The lowest BCUT2D eigenvalue weighted by Crippen LogP contribution is -2.27. The van der Waals surface area contributed by atoms with Crippen molar-refractivity contribution >= 4 is 11.7 Å². The van der Waals surface area contributed by atoms with Crippen LogP contribution in [0.5, 0.6) is 0 Å². The summed E-state index contributed by atoms with van der Waals surface area (Å²) in [5.41, 5.74) is 1.36. The molecule has 0 radical (unpaired) electrons. The zero-order valence-electron chi connectivity index (χ0n) is 11.2. The fourth-order valence-corrected chi connectivity index (χ4v) is 1.75. The summed E-state index contributed by atoms with van der Waals surface area (Å²) in [6, 6.07) is 9.41. The van der Waals surface area contributed by atoms with Crippen molar-refractivity contribution in [2.24, 2.45) is 0 Å². The van der Waals surface area contributed by atoms with E-state index in [0.717, 1.165) is 0 Å². The molecule has 20 heavy (non-hydrogen) atoms. The Kier molecular flexibility index (Phi) is 3.98. The molecule has 104 valence electrons. The summed E-state index contributed by atoms with van der Waals surface area (Å²) in [6.07, 6.45) is 0. The van der Waals surface area contributed by atoms with Gasteiger partial charge in [0.05, 0.1) is 5.69 Å². The zero-order chi connectivity index (χ0) is 14.7. The lowest BCUT2D eigenvalue weighted by atomic mass is 10.0. The first kappa shape index (κ1) is 14.0. The minimum atomic E-state index is -0.452. The molecule has 2 rings (SSSR count). The van der Waals surface area contributed by atoms with Gasteiger partial charge in [0.25, 0.3) is 0 Å². The van der Waals surface area contributed by atoms with Gasteiger partial charge in [0, 0.05) is 19.7 Å². The highest BCUT2D eigenvalue weighted by atomic mass is 19.1. The number of amides is 2. The second kappa shape index (κ2) is 5.69. The molecule has 1 N–H and O–H groups in total. The van der Waals surface area contributed by atoms with E-state index in [4.69, 9.17) is 0 Å². The van der Waals surface area contributed by atoms with Crippen molar-refractivity contribution in [2.45, 2.75) is 0 Å². The topological polar surface area (TPSA) is 32.3 Å². The number of anilines is 1. The van der Waals surface area contributed by atoms with Gasteiger partial charge in [-0.2, -0.15) is 0 Å². The van der Waals surface area contributed by atoms with E-state index in [-0.39, 0.29) is 6.03 Å². The molecule has 0 atom stereocenters. The first-order valence-electron chi connectivity index (χ1n) is 6.01. The van der Waals surface area contributed by atoms with E-state index in [1.54, 1.807) is 20.2 Å². The molecule has 0 saturated carbocycles. The minimum absolute atomic E-state index is 0.339. The monoisotopic (exact) mass is 276 g/mol. The summed E-state index contributed by atoms with van der Waals surface area (Å²) in [6.45, 7) is 0. The number of hydrogen-bond acceptors (Lipinski definition) is 1. The summed E-state index contributed by atoms with van der Waals surface area (Å²) in [4.78, 5) is 13.1. The summed E-state index contributed by atoms with van der Waals surface area (Å²) in [5.74, 6) is -0.872. The van der Waals surface area contributed by atoms with Gasteiger partial charge in [-0.15, -0.1) is 0 Å². The molecule has 0 aliphatic rings. The smallest absolute Gasteiger partial charge is 0.321 e. The number of urea groups is 1. The lowest BCUT2D eigenvalue weighted by molar-refractivity contribution is 0.230. The number of hydrogen-bond donors (Lipinski definition) is 1. The van der Waals surface area contributed by atoms with Crippen LogP contribution >= 0.6 is 0 Å². The number of nitrogens with zero attached hydrogens (tertiary/aromatic N) is 1. The number of rotatable bonds is 2. The van der Waals surface area contributed by atoms with Crippen LogP contribution in [0.2, 0.25) is 0 Å². The number of carbonyl (C=O) groups is 1. The second-order valence-electron chi connectivity index (χ2n) is 4.52. The largest absolute Gasteiger partial charge is 0.331 e. The molecule has 2 aromatic rings. The Labute approximate surface area is 115 Å². The quantitative estimate of drug-likeness (QED) is 0.890. The molecule has 5 heteroatoms. The van der Waals surface area contributed by atoms with Crippen molar-refractivity contribution in [1.82, 2.24) is 4.90 Å². The van der Waals surface area contributed by atoms with Crippen LogP contribution in [-0.2, 0) is 0 Å². The van der Waals surface area contributed by atoms with Crippen molar-refractivity contribution in [2.75, 3.05) is 19.4 Å². The van der Waals surface area contributed by atoms with Gasteiger partial charge in [-0.1, -0.05) is 12.1 Å². The number of nitrogens with one attached hydrogen (secondary N) is 1. The van der Waals surface area contributed by atoms with Gasteiger partial charge in [0.2, 0.25) is 0 Å². The SMILES string of the molecule is CN(C)C(=O)Nc1ccc(F)cc1-c1cccc(F)c1. The van der Waals surface area contributed by atoms with Gasteiger partial charge < -0.3 is 10.2 Å². The molecular weight excluding hydrogens is 262 g/mol. The third kappa shape index (κ3) is 3.12. The van der Waals surface area contributed by atoms with E-state index in [9.17, 15) is 13.6 Å². The van der Waals surface area contributed by atoms with Crippen LogP contribution in [-0.4, -0.2) is 25.0 Å². The summed E-state index contributed by atoms with van der Waals surface area (Å²) < 4.78 is 26.7. The van der Waals surface area contributed by atoms with Crippen LogP contribution in [0.1, 0.15) is 0 Å². The second-order valence-corrected chi connectivity index (χ2v) is 4.52. The molecule has 0 aliphatic heterocycles. The maximum Gasteiger partial charge on any atom is 0.321 e. The number of carbonyl (C=O) groups excluding carboxylic acids is 1. The van der Waals surface area contributed by atoms with E-state index in [1.165, 1.54) is 41.3 Å². The third-order valence-electron chi connectivity index (χ3n) is 2.77. The average Bonchev–Trinajstić information content (AvgIpc) is 2.40. The fraction of sp³-hybridized carbons (Fsp3) is 0.133. The molecule has 0 aromatic heterocycles. The predicted molar refractivity (Wildman–Crippen MR) is 74.5 cm³/mol. The first-order valence-corrected chi connectivity index (χ1v) is 6.01. The van der Waals surface area contributed by atoms with Crippen LogP contribution in [0.4, 0.5) is 19.3 Å². The minimum Gasteiger partial charge on any atom is -0.331 e. The predicted octanol–water partition coefficient (Wildman–Crippen LogP) is 3.73. The van der Waals surface area contributed by atoms with E-state index >= 15 is 0 Å². The van der Waals surface area contributed by atoms with Crippen LogP contribution in [0.15, 0.2) is 42.5 Å². The summed E-state index contributed by atoms with van der Waals surface area (Å²) >= 11 is 0. The van der Waals surface area contributed by atoms with E-state index < -0.39 is 11.6 Å². The van der Waals surface area contributed by atoms with E-state index in [0.29, 0.717) is 16.8 Å². The molecule has 0 unspecified atom stereocenters. The molecule has 0 heterocycles. The maximum atomic E-state index is 13.4. The van der Waals surface area contributed by atoms with E-state index in [1.807, 2.05) is 0 Å². The molecule has 0 bridgehead atoms. The van der Waals surface area contributed by atoms with Gasteiger partial charge in [0.1, 0.15) is 11.6 Å². The zero-order valence-corrected chi connectivity index (χ0v) is 11.2. The molecule has 2 aromatic carbocycles. The third-order valence-corrected chi connectivity index (χ3v) is 2.77. The van der Waals surface area contributed by atoms with Crippen LogP contribution in [0.3, 0.4) is 0 Å². The van der Waals surface area contributed by atoms with Crippen molar-refractivity contribution in [3.8, 4) is 11.1 Å². The van der Waals surface area contributed by atoms with Crippen molar-refractivity contribution in [3.63, 3.8) is 0 Å². The van der Waals surface area contributed by atoms with Gasteiger partial charge in [-0.05, 0) is 35.9 Å². The van der Waals surface area contributed by atoms with Crippen molar-refractivity contribution in [3.05, 3.63) is 54.1 Å². The Morgan fingerprint density at radius 2 is 1.75 bits per heavy atom. The highest BCUT2D eigenvalue weighted by Crippen LogP contribution is 2.29. The van der Waals surface area contributed by atoms with Crippen LogP contribution in [0, 0.1) is 11.6 Å². The van der Waals surface area contributed by atoms with Gasteiger partial charge >= 0.3 is 6.03 Å². The van der Waals surface area contributed by atoms with Crippen molar-refractivity contribution < 1.29 is 13.6 Å². The maximum absolute atomic E-state index is 13.4. The highest BCUT2D eigenvalue weighted by Gasteiger charge is 2.11. The Hall–Kier alpha value is -2.43. The molecule has 0 fully saturated rings. The average molecular weight is 276 g/mol. The lowest BCUT2D eigenvalue weighted by Gasteiger charge is -2.15. The molecule has 3 nitrogen and oxygen atoms in total.